The molecular weight excluding hydrogens is 414 g/mol. The van der Waals surface area contributed by atoms with Crippen LogP contribution in [0.15, 0.2) is 42.5 Å². The summed E-state index contributed by atoms with van der Waals surface area (Å²) in [6, 6.07) is 9.40. The number of nitrogens with zero attached hydrogens (tertiary/aromatic N) is 1. The SMILES string of the molecule is COc1ccc(NC2Cc3nc(-c4c(F)cccc4F)cc(Cl)c3C2=O)c(OC)c1. The van der Waals surface area contributed by atoms with Crippen LogP contribution in [-0.2, 0) is 6.42 Å². The van der Waals surface area contributed by atoms with E-state index in [1.165, 1.54) is 19.2 Å². The van der Waals surface area contributed by atoms with Crippen molar-refractivity contribution in [1.82, 2.24) is 4.98 Å². The second kappa shape index (κ2) is 7.91. The Labute approximate surface area is 176 Å². The normalized spacial score (nSPS) is 15.1. The van der Waals surface area contributed by atoms with Gasteiger partial charge in [-0.2, -0.15) is 0 Å². The van der Waals surface area contributed by atoms with Crippen LogP contribution in [0.2, 0.25) is 5.02 Å². The lowest BCUT2D eigenvalue weighted by atomic mass is 10.1. The number of hydrogen-bond donors (Lipinski definition) is 1. The average molecular weight is 431 g/mol. The maximum atomic E-state index is 14.2. The smallest absolute Gasteiger partial charge is 0.188 e. The summed E-state index contributed by atoms with van der Waals surface area (Å²) in [7, 11) is 3.06. The fourth-order valence-corrected chi connectivity index (χ4v) is 3.83. The van der Waals surface area contributed by atoms with Gasteiger partial charge in [0.25, 0.3) is 0 Å². The van der Waals surface area contributed by atoms with E-state index in [1.54, 1.807) is 25.3 Å². The van der Waals surface area contributed by atoms with Crippen LogP contribution in [0.5, 0.6) is 11.5 Å². The second-order valence-corrected chi connectivity index (χ2v) is 7.15. The van der Waals surface area contributed by atoms with Crippen LogP contribution in [-0.4, -0.2) is 31.0 Å². The molecule has 1 aliphatic rings. The van der Waals surface area contributed by atoms with E-state index in [2.05, 4.69) is 10.3 Å². The molecule has 0 saturated heterocycles. The van der Waals surface area contributed by atoms with Gasteiger partial charge < -0.3 is 14.8 Å². The number of halogens is 3. The summed E-state index contributed by atoms with van der Waals surface area (Å²) < 4.78 is 38.9. The fourth-order valence-electron chi connectivity index (χ4n) is 3.52. The maximum absolute atomic E-state index is 14.2. The summed E-state index contributed by atoms with van der Waals surface area (Å²) >= 11 is 6.32. The first-order valence-electron chi connectivity index (χ1n) is 9.09. The molecule has 5 nitrogen and oxygen atoms in total. The summed E-state index contributed by atoms with van der Waals surface area (Å²) in [6.45, 7) is 0. The Kier molecular flexibility index (Phi) is 5.30. The zero-order valence-electron chi connectivity index (χ0n) is 16.1. The third kappa shape index (κ3) is 3.45. The Bertz CT molecular complexity index is 1130. The van der Waals surface area contributed by atoms with E-state index < -0.39 is 17.7 Å². The topological polar surface area (TPSA) is 60.5 Å². The quantitative estimate of drug-likeness (QED) is 0.622. The number of pyridine rings is 1. The number of carbonyl (C=O) groups excluding carboxylic acids is 1. The monoisotopic (exact) mass is 430 g/mol. The third-order valence-corrected chi connectivity index (χ3v) is 5.26. The summed E-state index contributed by atoms with van der Waals surface area (Å²) in [5.41, 5.74) is 1.01. The van der Waals surface area contributed by atoms with Crippen LogP contribution in [0.4, 0.5) is 14.5 Å². The number of ketones is 1. The molecule has 0 saturated carbocycles. The number of fused-ring (bicyclic) bond motifs is 1. The van der Waals surface area contributed by atoms with E-state index >= 15 is 0 Å². The van der Waals surface area contributed by atoms with Gasteiger partial charge in [-0.05, 0) is 30.3 Å². The van der Waals surface area contributed by atoms with Crippen LogP contribution in [0.3, 0.4) is 0 Å². The molecule has 1 N–H and O–H groups in total. The van der Waals surface area contributed by atoms with Gasteiger partial charge in [-0.3, -0.25) is 9.78 Å². The van der Waals surface area contributed by atoms with Gasteiger partial charge in [0.15, 0.2) is 5.78 Å². The number of aromatic nitrogens is 1. The molecule has 154 valence electrons. The van der Waals surface area contributed by atoms with Crippen molar-refractivity contribution >= 4 is 23.1 Å². The summed E-state index contributed by atoms with van der Waals surface area (Å²) in [5.74, 6) is -0.632. The summed E-state index contributed by atoms with van der Waals surface area (Å²) in [5, 5.41) is 3.25. The Balaban J connectivity index is 1.68. The standard InChI is InChI=1S/C22H17ClF2N2O3/c1-29-11-6-7-15(19(8-11)30-2)26-18-10-17-20(22(18)28)12(23)9-16(27-17)21-13(24)4-3-5-14(21)25/h3-9,18,26H,10H2,1-2H3. The minimum atomic E-state index is -0.750. The summed E-state index contributed by atoms with van der Waals surface area (Å²) in [6.07, 6.45) is 0.215. The Morgan fingerprint density at radius 3 is 2.47 bits per heavy atom. The number of Topliss-reactive ketones (excluding diaryl/α,β-unsaturated/α-hetero) is 1. The van der Waals surface area contributed by atoms with Crippen molar-refractivity contribution in [2.24, 2.45) is 0 Å². The minimum Gasteiger partial charge on any atom is -0.497 e. The van der Waals surface area contributed by atoms with Crippen molar-refractivity contribution < 1.29 is 23.0 Å². The highest BCUT2D eigenvalue weighted by Gasteiger charge is 2.35. The number of benzene rings is 2. The molecule has 4 rings (SSSR count). The van der Waals surface area contributed by atoms with Gasteiger partial charge >= 0.3 is 0 Å². The molecule has 0 aliphatic heterocycles. The number of ether oxygens (including phenoxy) is 2. The minimum absolute atomic E-state index is 0.0461. The number of methoxy groups -OCH3 is 2. The predicted molar refractivity (Wildman–Crippen MR) is 110 cm³/mol. The van der Waals surface area contributed by atoms with Gasteiger partial charge in [-0.25, -0.2) is 8.78 Å². The van der Waals surface area contributed by atoms with Crippen molar-refractivity contribution in [3.8, 4) is 22.8 Å². The van der Waals surface area contributed by atoms with Crippen LogP contribution in [0.25, 0.3) is 11.3 Å². The number of rotatable bonds is 5. The molecule has 0 bridgehead atoms. The molecule has 0 amide bonds. The Morgan fingerprint density at radius 2 is 1.80 bits per heavy atom. The first kappa shape index (κ1) is 20.1. The van der Waals surface area contributed by atoms with Crippen LogP contribution < -0.4 is 14.8 Å². The average Bonchev–Trinajstić information content (AvgIpc) is 3.04. The molecule has 3 aromatic rings. The lowest BCUT2D eigenvalue weighted by Crippen LogP contribution is -2.26. The third-order valence-electron chi connectivity index (χ3n) is 4.96. The van der Waals surface area contributed by atoms with Gasteiger partial charge in [0.05, 0.1) is 53.5 Å². The van der Waals surface area contributed by atoms with Crippen molar-refractivity contribution in [3.05, 3.63) is 70.4 Å². The van der Waals surface area contributed by atoms with Crippen LogP contribution in [0, 0.1) is 11.6 Å². The second-order valence-electron chi connectivity index (χ2n) is 6.74. The molecule has 30 heavy (non-hydrogen) atoms. The maximum Gasteiger partial charge on any atom is 0.188 e. The van der Waals surface area contributed by atoms with Gasteiger partial charge in [0, 0.05) is 12.5 Å². The van der Waals surface area contributed by atoms with E-state index in [9.17, 15) is 13.6 Å². The first-order chi connectivity index (χ1) is 14.4. The highest BCUT2D eigenvalue weighted by atomic mass is 35.5. The van der Waals surface area contributed by atoms with E-state index in [-0.39, 0.29) is 34.0 Å². The molecule has 0 fully saturated rings. The molecule has 8 heteroatoms. The molecule has 1 aliphatic carbocycles. The van der Waals surface area contributed by atoms with E-state index in [0.717, 1.165) is 12.1 Å². The Morgan fingerprint density at radius 1 is 1.07 bits per heavy atom. The molecule has 1 aromatic heterocycles. The molecule has 2 aromatic carbocycles. The lowest BCUT2D eigenvalue weighted by Gasteiger charge is -2.16. The molecule has 0 radical (unpaired) electrons. The van der Waals surface area contributed by atoms with Gasteiger partial charge in [0.1, 0.15) is 23.1 Å². The lowest BCUT2D eigenvalue weighted by molar-refractivity contribution is 0.0982. The Hall–Kier alpha value is -3.19. The van der Waals surface area contributed by atoms with Crippen molar-refractivity contribution in [2.75, 3.05) is 19.5 Å². The van der Waals surface area contributed by atoms with Crippen LogP contribution in [0.1, 0.15) is 16.1 Å². The summed E-state index contributed by atoms with van der Waals surface area (Å²) in [4.78, 5) is 17.3. The van der Waals surface area contributed by atoms with E-state index in [1.807, 2.05) is 0 Å². The fraction of sp³-hybridized carbons (Fsp3) is 0.182. The van der Waals surface area contributed by atoms with Crippen molar-refractivity contribution in [1.29, 1.82) is 0 Å². The zero-order valence-corrected chi connectivity index (χ0v) is 16.9. The largest absolute Gasteiger partial charge is 0.497 e. The first-order valence-corrected chi connectivity index (χ1v) is 9.47. The van der Waals surface area contributed by atoms with Gasteiger partial charge in [0.2, 0.25) is 0 Å². The van der Waals surface area contributed by atoms with Crippen molar-refractivity contribution in [3.63, 3.8) is 0 Å². The molecule has 1 heterocycles. The van der Waals surface area contributed by atoms with Gasteiger partial charge in [-0.1, -0.05) is 17.7 Å². The number of hydrogen-bond acceptors (Lipinski definition) is 5. The molecule has 1 atom stereocenters. The van der Waals surface area contributed by atoms with Crippen LogP contribution >= 0.6 is 11.6 Å². The van der Waals surface area contributed by atoms with Crippen molar-refractivity contribution in [2.45, 2.75) is 12.5 Å². The number of nitrogens with one attached hydrogen (secondary N) is 1. The van der Waals surface area contributed by atoms with Gasteiger partial charge in [-0.15, -0.1) is 0 Å². The number of anilines is 1. The highest BCUT2D eigenvalue weighted by Crippen LogP contribution is 2.36. The molecule has 1 unspecified atom stereocenters. The predicted octanol–water partition coefficient (Wildman–Crippen LogP) is 4.92. The molecular formula is C22H17ClF2N2O3. The number of carbonyl (C=O) groups is 1. The van der Waals surface area contributed by atoms with E-state index in [4.69, 9.17) is 21.1 Å². The van der Waals surface area contributed by atoms with E-state index in [0.29, 0.717) is 22.9 Å². The molecule has 0 spiro atoms. The highest BCUT2D eigenvalue weighted by molar-refractivity contribution is 6.35. The zero-order chi connectivity index (χ0) is 21.4.